The van der Waals surface area contributed by atoms with E-state index in [0.29, 0.717) is 10.0 Å². The number of benzene rings is 1. The summed E-state index contributed by atoms with van der Waals surface area (Å²) >= 11 is 11.7. The van der Waals surface area contributed by atoms with Gasteiger partial charge in [0.2, 0.25) is 0 Å². The van der Waals surface area contributed by atoms with Gasteiger partial charge in [0, 0.05) is 0 Å². The van der Waals surface area contributed by atoms with E-state index in [2.05, 4.69) is 0 Å². The van der Waals surface area contributed by atoms with Gasteiger partial charge in [-0.2, -0.15) is 0 Å². The molecule has 1 aromatic rings. The maximum Gasteiger partial charge on any atom is 0.0902 e. The number of hydrogen-bond acceptors (Lipinski definition) is 1. The third-order valence-electron chi connectivity index (χ3n) is 2.49. The highest BCUT2D eigenvalue weighted by Gasteiger charge is 2.43. The summed E-state index contributed by atoms with van der Waals surface area (Å²) in [6.07, 6.45) is 1.65. The van der Waals surface area contributed by atoms with Crippen LogP contribution in [0.4, 0.5) is 0 Å². The summed E-state index contributed by atoms with van der Waals surface area (Å²) in [6.45, 7) is 1.94. The zero-order valence-electron chi connectivity index (χ0n) is 7.27. The second-order valence-electron chi connectivity index (χ2n) is 3.61. The highest BCUT2D eigenvalue weighted by Crippen LogP contribution is 2.47. The Hall–Kier alpha value is -0.240. The van der Waals surface area contributed by atoms with Gasteiger partial charge in [-0.15, -0.1) is 0 Å². The summed E-state index contributed by atoms with van der Waals surface area (Å²) < 4.78 is 0. The molecule has 0 unspecified atom stereocenters. The first kappa shape index (κ1) is 9.32. The summed E-state index contributed by atoms with van der Waals surface area (Å²) in [6, 6.07) is 3.57. The minimum atomic E-state index is -0.627. The van der Waals surface area contributed by atoms with Crippen LogP contribution in [0.3, 0.4) is 0 Å². The molecule has 1 N–H and O–H groups in total. The molecule has 1 aromatic carbocycles. The van der Waals surface area contributed by atoms with Crippen LogP contribution in [0, 0.1) is 6.92 Å². The first-order valence-electron chi connectivity index (χ1n) is 4.21. The second-order valence-corrected chi connectivity index (χ2v) is 4.43. The minimum Gasteiger partial charge on any atom is -0.385 e. The van der Waals surface area contributed by atoms with Crippen LogP contribution in [0.15, 0.2) is 12.1 Å². The fraction of sp³-hybridized carbons (Fsp3) is 0.400. The predicted octanol–water partition coefficient (Wildman–Crippen LogP) is 3.28. The summed E-state index contributed by atoms with van der Waals surface area (Å²) in [5, 5.41) is 11.0. The first-order chi connectivity index (χ1) is 6.03. The Kier molecular flexibility index (Phi) is 2.06. The largest absolute Gasteiger partial charge is 0.385 e. The molecule has 0 heterocycles. The van der Waals surface area contributed by atoms with E-state index in [4.69, 9.17) is 23.2 Å². The molecule has 1 aliphatic rings. The van der Waals surface area contributed by atoms with Crippen LogP contribution < -0.4 is 0 Å². The minimum absolute atomic E-state index is 0.516. The van der Waals surface area contributed by atoms with Gasteiger partial charge in [0.05, 0.1) is 15.6 Å². The molecule has 0 aromatic heterocycles. The van der Waals surface area contributed by atoms with Gasteiger partial charge in [-0.05, 0) is 43.0 Å². The highest BCUT2D eigenvalue weighted by atomic mass is 35.5. The molecule has 1 fully saturated rings. The number of rotatable bonds is 1. The molecular formula is C10H10Cl2O. The fourth-order valence-electron chi connectivity index (χ4n) is 1.54. The van der Waals surface area contributed by atoms with Crippen LogP contribution in [-0.4, -0.2) is 5.11 Å². The van der Waals surface area contributed by atoms with Crippen molar-refractivity contribution in [1.29, 1.82) is 0 Å². The highest BCUT2D eigenvalue weighted by molar-refractivity contribution is 6.42. The van der Waals surface area contributed by atoms with E-state index in [-0.39, 0.29) is 0 Å². The van der Waals surface area contributed by atoms with Gasteiger partial charge in [-0.3, -0.25) is 0 Å². The molecule has 0 atom stereocenters. The van der Waals surface area contributed by atoms with Crippen LogP contribution in [0.2, 0.25) is 10.0 Å². The topological polar surface area (TPSA) is 20.2 Å². The SMILES string of the molecule is Cc1cc(Cl)c(Cl)cc1C1(O)CC1. The van der Waals surface area contributed by atoms with Crippen molar-refractivity contribution in [2.24, 2.45) is 0 Å². The molecule has 1 nitrogen and oxygen atoms in total. The fourth-order valence-corrected chi connectivity index (χ4v) is 1.92. The normalized spacial score (nSPS) is 18.8. The van der Waals surface area contributed by atoms with Crippen LogP contribution in [0.5, 0.6) is 0 Å². The van der Waals surface area contributed by atoms with E-state index in [1.54, 1.807) is 12.1 Å². The Morgan fingerprint density at radius 1 is 1.23 bits per heavy atom. The van der Waals surface area contributed by atoms with E-state index >= 15 is 0 Å². The molecule has 3 heteroatoms. The second kappa shape index (κ2) is 2.88. The lowest BCUT2D eigenvalue weighted by molar-refractivity contribution is 0.151. The van der Waals surface area contributed by atoms with Gasteiger partial charge in [-0.25, -0.2) is 0 Å². The summed E-state index contributed by atoms with van der Waals surface area (Å²) in [5.74, 6) is 0. The van der Waals surface area contributed by atoms with Crippen molar-refractivity contribution in [3.8, 4) is 0 Å². The van der Waals surface area contributed by atoms with E-state index < -0.39 is 5.60 Å². The van der Waals surface area contributed by atoms with Crippen molar-refractivity contribution in [3.63, 3.8) is 0 Å². The zero-order chi connectivity index (χ0) is 9.64. The van der Waals surface area contributed by atoms with Crippen molar-refractivity contribution in [3.05, 3.63) is 33.3 Å². The Morgan fingerprint density at radius 3 is 2.31 bits per heavy atom. The molecule has 0 amide bonds. The quantitative estimate of drug-likeness (QED) is 0.765. The van der Waals surface area contributed by atoms with Gasteiger partial charge in [-0.1, -0.05) is 23.2 Å². The lowest BCUT2D eigenvalue weighted by atomic mass is 10.0. The Labute approximate surface area is 87.3 Å². The van der Waals surface area contributed by atoms with E-state index in [0.717, 1.165) is 24.0 Å². The zero-order valence-corrected chi connectivity index (χ0v) is 8.78. The van der Waals surface area contributed by atoms with Crippen molar-refractivity contribution in [1.82, 2.24) is 0 Å². The third-order valence-corrected chi connectivity index (χ3v) is 3.21. The lowest BCUT2D eigenvalue weighted by Crippen LogP contribution is -2.06. The molecule has 0 aliphatic heterocycles. The molecular weight excluding hydrogens is 207 g/mol. The van der Waals surface area contributed by atoms with E-state index in [1.807, 2.05) is 6.92 Å². The predicted molar refractivity (Wildman–Crippen MR) is 54.3 cm³/mol. The standard InChI is InChI=1S/C10H10Cl2O/c1-6-4-8(11)9(12)5-7(6)10(13)2-3-10/h4-5,13H,2-3H2,1H3. The molecule has 0 spiro atoms. The molecule has 13 heavy (non-hydrogen) atoms. The number of hydrogen-bond donors (Lipinski definition) is 1. The average Bonchev–Trinajstić information content (AvgIpc) is 2.77. The number of aryl methyl sites for hydroxylation is 1. The molecule has 0 radical (unpaired) electrons. The Morgan fingerprint density at radius 2 is 1.77 bits per heavy atom. The average molecular weight is 217 g/mol. The van der Waals surface area contributed by atoms with Gasteiger partial charge >= 0.3 is 0 Å². The molecule has 0 bridgehead atoms. The van der Waals surface area contributed by atoms with E-state index in [9.17, 15) is 5.11 Å². The van der Waals surface area contributed by atoms with Gasteiger partial charge in [0.1, 0.15) is 0 Å². The summed E-state index contributed by atoms with van der Waals surface area (Å²) in [5.41, 5.74) is 1.30. The van der Waals surface area contributed by atoms with Crippen molar-refractivity contribution < 1.29 is 5.11 Å². The summed E-state index contributed by atoms with van der Waals surface area (Å²) in [4.78, 5) is 0. The summed E-state index contributed by atoms with van der Waals surface area (Å²) in [7, 11) is 0. The van der Waals surface area contributed by atoms with Crippen LogP contribution in [-0.2, 0) is 5.60 Å². The maximum atomic E-state index is 9.89. The van der Waals surface area contributed by atoms with E-state index in [1.165, 1.54) is 0 Å². The molecule has 2 rings (SSSR count). The van der Waals surface area contributed by atoms with Crippen molar-refractivity contribution in [2.45, 2.75) is 25.4 Å². The Bertz CT molecular complexity index is 356. The maximum absolute atomic E-state index is 9.89. The smallest absolute Gasteiger partial charge is 0.0902 e. The van der Waals surface area contributed by atoms with Gasteiger partial charge < -0.3 is 5.11 Å². The van der Waals surface area contributed by atoms with Crippen LogP contribution >= 0.6 is 23.2 Å². The molecule has 1 saturated carbocycles. The van der Waals surface area contributed by atoms with Crippen molar-refractivity contribution >= 4 is 23.2 Å². The number of halogens is 2. The van der Waals surface area contributed by atoms with Gasteiger partial charge in [0.15, 0.2) is 0 Å². The van der Waals surface area contributed by atoms with Crippen LogP contribution in [0.25, 0.3) is 0 Å². The molecule has 70 valence electrons. The number of aliphatic hydroxyl groups is 1. The van der Waals surface area contributed by atoms with Gasteiger partial charge in [0.25, 0.3) is 0 Å². The Balaban J connectivity index is 2.52. The molecule has 1 aliphatic carbocycles. The lowest BCUT2D eigenvalue weighted by Gasteiger charge is -2.12. The van der Waals surface area contributed by atoms with Crippen molar-refractivity contribution in [2.75, 3.05) is 0 Å². The first-order valence-corrected chi connectivity index (χ1v) is 4.97. The van der Waals surface area contributed by atoms with Crippen LogP contribution in [0.1, 0.15) is 24.0 Å². The molecule has 0 saturated heterocycles. The third kappa shape index (κ3) is 1.56. The monoisotopic (exact) mass is 216 g/mol.